The van der Waals surface area contributed by atoms with E-state index in [-0.39, 0.29) is 24.8 Å². The molecule has 1 aromatic heterocycles. The zero-order chi connectivity index (χ0) is 17.5. The molecule has 6 heteroatoms. The third kappa shape index (κ3) is 5.94. The molecule has 2 N–H and O–H groups in total. The molecule has 0 aliphatic rings. The van der Waals surface area contributed by atoms with E-state index in [1.807, 2.05) is 50.4 Å². The van der Waals surface area contributed by atoms with E-state index in [0.717, 1.165) is 16.5 Å². The summed E-state index contributed by atoms with van der Waals surface area (Å²) in [6, 6.07) is 7.85. The third-order valence-corrected chi connectivity index (χ3v) is 4.47. The average Bonchev–Trinajstić information content (AvgIpc) is 2.99. The van der Waals surface area contributed by atoms with Crippen LogP contribution in [0.4, 0.5) is 0 Å². The Morgan fingerprint density at radius 2 is 2.04 bits per heavy atom. The van der Waals surface area contributed by atoms with Crippen LogP contribution in [0.5, 0.6) is 5.75 Å². The molecule has 0 bridgehead atoms. The van der Waals surface area contributed by atoms with E-state index in [9.17, 15) is 9.90 Å². The molecule has 1 heterocycles. The van der Waals surface area contributed by atoms with Crippen molar-refractivity contribution in [1.82, 2.24) is 10.3 Å². The van der Waals surface area contributed by atoms with Gasteiger partial charge in [-0.25, -0.2) is 4.98 Å². The SMILES string of the molecule is Cc1ccc(OCc2nc(CC(=O)NCC(O)C(C)C)cs2)cc1. The minimum Gasteiger partial charge on any atom is -0.486 e. The van der Waals surface area contributed by atoms with Gasteiger partial charge in [0, 0.05) is 11.9 Å². The lowest BCUT2D eigenvalue weighted by molar-refractivity contribution is -0.121. The van der Waals surface area contributed by atoms with Gasteiger partial charge in [0.05, 0.1) is 18.2 Å². The molecule has 0 fully saturated rings. The summed E-state index contributed by atoms with van der Waals surface area (Å²) in [6.45, 7) is 6.52. The largest absolute Gasteiger partial charge is 0.486 e. The number of carbonyl (C=O) groups excluding carboxylic acids is 1. The number of hydrogen-bond donors (Lipinski definition) is 2. The average molecular weight is 348 g/mol. The Morgan fingerprint density at radius 3 is 2.71 bits per heavy atom. The molecule has 0 spiro atoms. The van der Waals surface area contributed by atoms with Gasteiger partial charge in [-0.2, -0.15) is 0 Å². The van der Waals surface area contributed by atoms with Gasteiger partial charge in [-0.15, -0.1) is 11.3 Å². The van der Waals surface area contributed by atoms with Gasteiger partial charge in [0.2, 0.25) is 5.91 Å². The number of carbonyl (C=O) groups is 1. The zero-order valence-electron chi connectivity index (χ0n) is 14.3. The number of aromatic nitrogens is 1. The number of aliphatic hydroxyl groups excluding tert-OH is 1. The van der Waals surface area contributed by atoms with Crippen LogP contribution in [0.1, 0.15) is 30.1 Å². The highest BCUT2D eigenvalue weighted by molar-refractivity contribution is 7.09. The Bertz CT molecular complexity index is 653. The number of rotatable bonds is 8. The maximum atomic E-state index is 11.9. The van der Waals surface area contributed by atoms with Gasteiger partial charge in [-0.1, -0.05) is 31.5 Å². The van der Waals surface area contributed by atoms with Crippen LogP contribution >= 0.6 is 11.3 Å². The normalized spacial score (nSPS) is 12.2. The van der Waals surface area contributed by atoms with Crippen LogP contribution in [0.25, 0.3) is 0 Å². The Kier molecular flexibility index (Phi) is 6.75. The van der Waals surface area contributed by atoms with E-state index < -0.39 is 6.10 Å². The smallest absolute Gasteiger partial charge is 0.226 e. The van der Waals surface area contributed by atoms with Crippen molar-refractivity contribution < 1.29 is 14.6 Å². The van der Waals surface area contributed by atoms with Crippen molar-refractivity contribution in [1.29, 1.82) is 0 Å². The molecule has 130 valence electrons. The lowest BCUT2D eigenvalue weighted by atomic mass is 10.1. The molecule has 0 aliphatic carbocycles. The van der Waals surface area contributed by atoms with Crippen LogP contribution in [0.15, 0.2) is 29.6 Å². The van der Waals surface area contributed by atoms with Crippen molar-refractivity contribution in [3.05, 3.63) is 45.9 Å². The van der Waals surface area contributed by atoms with E-state index in [0.29, 0.717) is 6.61 Å². The summed E-state index contributed by atoms with van der Waals surface area (Å²) in [5.74, 6) is 0.791. The van der Waals surface area contributed by atoms with Crippen LogP contribution in [0.3, 0.4) is 0 Å². The second-order valence-electron chi connectivity index (χ2n) is 6.13. The van der Waals surface area contributed by atoms with Crippen molar-refractivity contribution >= 4 is 17.2 Å². The molecule has 1 unspecified atom stereocenters. The number of ether oxygens (including phenoxy) is 1. The van der Waals surface area contributed by atoms with Crippen LogP contribution < -0.4 is 10.1 Å². The molecular weight excluding hydrogens is 324 g/mol. The number of benzene rings is 1. The van der Waals surface area contributed by atoms with Crippen molar-refractivity contribution in [2.75, 3.05) is 6.54 Å². The van der Waals surface area contributed by atoms with E-state index >= 15 is 0 Å². The molecule has 1 atom stereocenters. The van der Waals surface area contributed by atoms with Gasteiger partial charge in [0.25, 0.3) is 0 Å². The second-order valence-corrected chi connectivity index (χ2v) is 7.07. The minimum absolute atomic E-state index is 0.120. The van der Waals surface area contributed by atoms with Gasteiger partial charge < -0.3 is 15.2 Å². The second kappa shape index (κ2) is 8.80. The number of nitrogens with zero attached hydrogens (tertiary/aromatic N) is 1. The van der Waals surface area contributed by atoms with Gasteiger partial charge in [-0.05, 0) is 25.0 Å². The molecule has 0 aliphatic heterocycles. The highest BCUT2D eigenvalue weighted by Gasteiger charge is 2.12. The quantitative estimate of drug-likeness (QED) is 0.769. The first kappa shape index (κ1) is 18.4. The molecule has 5 nitrogen and oxygen atoms in total. The highest BCUT2D eigenvalue weighted by Crippen LogP contribution is 2.16. The zero-order valence-corrected chi connectivity index (χ0v) is 15.1. The molecule has 2 aromatic rings. The number of hydrogen-bond acceptors (Lipinski definition) is 5. The number of nitrogens with one attached hydrogen (secondary N) is 1. The third-order valence-electron chi connectivity index (χ3n) is 3.60. The fourth-order valence-corrected chi connectivity index (χ4v) is 2.66. The van der Waals surface area contributed by atoms with Crippen LogP contribution in [-0.4, -0.2) is 28.6 Å². The maximum absolute atomic E-state index is 11.9. The van der Waals surface area contributed by atoms with Crippen molar-refractivity contribution in [2.45, 2.75) is 39.9 Å². The van der Waals surface area contributed by atoms with Gasteiger partial charge in [0.1, 0.15) is 17.4 Å². The summed E-state index contributed by atoms with van der Waals surface area (Å²) < 4.78 is 5.68. The van der Waals surface area contributed by atoms with E-state index in [1.165, 1.54) is 16.9 Å². The molecular formula is C18H24N2O3S. The van der Waals surface area contributed by atoms with Crippen molar-refractivity contribution in [2.24, 2.45) is 5.92 Å². The summed E-state index contributed by atoms with van der Waals surface area (Å²) in [5.41, 5.74) is 1.91. The first-order valence-corrected chi connectivity index (χ1v) is 8.89. The molecule has 2 rings (SSSR count). The molecule has 0 saturated carbocycles. The molecule has 1 amide bonds. The first-order chi connectivity index (χ1) is 11.4. The summed E-state index contributed by atoms with van der Waals surface area (Å²) >= 11 is 1.48. The van der Waals surface area contributed by atoms with Gasteiger partial charge >= 0.3 is 0 Å². The Hall–Kier alpha value is -1.92. The number of amides is 1. The lowest BCUT2D eigenvalue weighted by Crippen LogP contribution is -2.35. The topological polar surface area (TPSA) is 71.5 Å². The summed E-state index contributed by atoms with van der Waals surface area (Å²) in [4.78, 5) is 16.3. The Morgan fingerprint density at radius 1 is 1.33 bits per heavy atom. The first-order valence-electron chi connectivity index (χ1n) is 8.01. The summed E-state index contributed by atoms with van der Waals surface area (Å²) in [5, 5.41) is 15.1. The van der Waals surface area contributed by atoms with Crippen LogP contribution in [0.2, 0.25) is 0 Å². The van der Waals surface area contributed by atoms with Crippen LogP contribution in [-0.2, 0) is 17.8 Å². The number of aliphatic hydroxyl groups is 1. The van der Waals surface area contributed by atoms with E-state index in [1.54, 1.807) is 0 Å². The predicted molar refractivity (Wildman–Crippen MR) is 95.2 cm³/mol. The summed E-state index contributed by atoms with van der Waals surface area (Å²) in [7, 11) is 0. The predicted octanol–water partition coefficient (Wildman–Crippen LogP) is 2.71. The monoisotopic (exact) mass is 348 g/mol. The maximum Gasteiger partial charge on any atom is 0.226 e. The van der Waals surface area contributed by atoms with Crippen LogP contribution in [0, 0.1) is 12.8 Å². The minimum atomic E-state index is -0.525. The number of aryl methyl sites for hydroxylation is 1. The molecule has 1 aromatic carbocycles. The fraction of sp³-hybridized carbons (Fsp3) is 0.444. The summed E-state index contributed by atoms with van der Waals surface area (Å²) in [6.07, 6.45) is -0.311. The fourth-order valence-electron chi connectivity index (χ4n) is 1.96. The highest BCUT2D eigenvalue weighted by atomic mass is 32.1. The molecule has 24 heavy (non-hydrogen) atoms. The standard InChI is InChI=1S/C18H24N2O3S/c1-12(2)16(21)9-19-17(22)8-14-11-24-18(20-14)10-23-15-6-4-13(3)5-7-15/h4-7,11-12,16,21H,8-10H2,1-3H3,(H,19,22). The Labute approximate surface area is 146 Å². The lowest BCUT2D eigenvalue weighted by Gasteiger charge is -2.14. The van der Waals surface area contributed by atoms with Crippen molar-refractivity contribution in [3.8, 4) is 5.75 Å². The van der Waals surface area contributed by atoms with Crippen molar-refractivity contribution in [3.63, 3.8) is 0 Å². The molecule has 0 saturated heterocycles. The number of thiazole rings is 1. The van der Waals surface area contributed by atoms with Gasteiger partial charge in [0.15, 0.2) is 0 Å². The van der Waals surface area contributed by atoms with E-state index in [2.05, 4.69) is 10.3 Å². The molecule has 0 radical (unpaired) electrons. The van der Waals surface area contributed by atoms with Gasteiger partial charge in [-0.3, -0.25) is 4.79 Å². The van der Waals surface area contributed by atoms with E-state index in [4.69, 9.17) is 4.74 Å². The Balaban J connectivity index is 1.78.